The van der Waals surface area contributed by atoms with Crippen LogP contribution in [0.4, 0.5) is 22.7 Å². The van der Waals surface area contributed by atoms with Gasteiger partial charge in [-0.3, -0.25) is 4.79 Å². The summed E-state index contributed by atoms with van der Waals surface area (Å²) in [6.45, 7) is 4.65. The molecule has 0 unspecified atom stereocenters. The average molecular weight is 520 g/mol. The number of benzene rings is 2. The quantitative estimate of drug-likeness (QED) is 0.323. The Bertz CT molecular complexity index is 1310. The third-order valence-electron chi connectivity index (χ3n) is 5.35. The third-order valence-corrected chi connectivity index (χ3v) is 7.08. The van der Waals surface area contributed by atoms with Crippen LogP contribution in [0, 0.1) is 6.92 Å². The standard InChI is InChI=1S/C25H25N7O2S2/c1-17-21(18-8-4-2-5-9-18)28-25(36-17)27-20(33)16-35-24-30-22(26-19-10-6-3-7-11-19)29-23(31-24)32-12-14-34-15-13-32/h2-11H,12-16H2,1H3,(H,27,28,33)(H,26,29,30,31). The molecule has 0 spiro atoms. The van der Waals surface area contributed by atoms with Crippen LogP contribution in [0.1, 0.15) is 4.88 Å². The number of rotatable bonds is 8. The van der Waals surface area contributed by atoms with Gasteiger partial charge in [0.1, 0.15) is 0 Å². The van der Waals surface area contributed by atoms with Crippen molar-refractivity contribution in [3.63, 3.8) is 0 Å². The summed E-state index contributed by atoms with van der Waals surface area (Å²) in [6.07, 6.45) is 0. The molecule has 9 nitrogen and oxygen atoms in total. The van der Waals surface area contributed by atoms with Crippen LogP contribution in [0.25, 0.3) is 11.3 Å². The zero-order chi connectivity index (χ0) is 24.7. The van der Waals surface area contributed by atoms with E-state index in [-0.39, 0.29) is 11.7 Å². The summed E-state index contributed by atoms with van der Waals surface area (Å²) in [6, 6.07) is 19.7. The summed E-state index contributed by atoms with van der Waals surface area (Å²) in [7, 11) is 0. The van der Waals surface area contributed by atoms with Crippen LogP contribution < -0.4 is 15.5 Å². The Hall–Kier alpha value is -3.54. The van der Waals surface area contributed by atoms with E-state index in [0.717, 1.165) is 21.8 Å². The smallest absolute Gasteiger partial charge is 0.236 e. The Kier molecular flexibility index (Phi) is 7.70. The lowest BCUT2D eigenvalue weighted by Crippen LogP contribution is -2.37. The molecule has 3 heterocycles. The number of nitrogens with one attached hydrogen (secondary N) is 2. The second-order valence-electron chi connectivity index (χ2n) is 7.96. The van der Waals surface area contributed by atoms with Crippen molar-refractivity contribution in [2.75, 3.05) is 47.6 Å². The normalized spacial score (nSPS) is 13.4. The number of para-hydroxylation sites is 1. The van der Waals surface area contributed by atoms with E-state index in [1.54, 1.807) is 0 Å². The molecule has 36 heavy (non-hydrogen) atoms. The molecule has 4 aromatic rings. The molecular formula is C25H25N7O2S2. The van der Waals surface area contributed by atoms with Gasteiger partial charge in [-0.05, 0) is 19.1 Å². The zero-order valence-electron chi connectivity index (χ0n) is 19.7. The van der Waals surface area contributed by atoms with E-state index in [1.165, 1.54) is 23.1 Å². The van der Waals surface area contributed by atoms with Gasteiger partial charge >= 0.3 is 0 Å². The lowest BCUT2D eigenvalue weighted by atomic mass is 10.1. The average Bonchev–Trinajstić information content (AvgIpc) is 3.28. The van der Waals surface area contributed by atoms with Gasteiger partial charge in [0.15, 0.2) is 10.3 Å². The van der Waals surface area contributed by atoms with Crippen molar-refractivity contribution in [2.45, 2.75) is 12.1 Å². The largest absolute Gasteiger partial charge is 0.378 e. The van der Waals surface area contributed by atoms with Gasteiger partial charge < -0.3 is 20.3 Å². The van der Waals surface area contributed by atoms with Crippen molar-refractivity contribution in [3.8, 4) is 11.3 Å². The molecule has 1 amide bonds. The minimum atomic E-state index is -0.167. The second kappa shape index (κ2) is 11.5. The Labute approximate surface area is 217 Å². The SMILES string of the molecule is Cc1sc(NC(=O)CSc2nc(Nc3ccccc3)nc(N3CCOCC3)n2)nc1-c1ccccc1. The number of thiazole rings is 1. The molecule has 2 aromatic carbocycles. The third kappa shape index (κ3) is 6.17. The van der Waals surface area contributed by atoms with Crippen LogP contribution in [0.3, 0.4) is 0 Å². The molecule has 5 rings (SSSR count). The fraction of sp³-hybridized carbons (Fsp3) is 0.240. The second-order valence-corrected chi connectivity index (χ2v) is 10.1. The molecule has 2 aromatic heterocycles. The van der Waals surface area contributed by atoms with Gasteiger partial charge in [0.2, 0.25) is 17.8 Å². The number of morpholine rings is 1. The molecule has 2 N–H and O–H groups in total. The van der Waals surface area contributed by atoms with E-state index in [1.807, 2.05) is 67.6 Å². The minimum absolute atomic E-state index is 0.149. The fourth-order valence-corrected chi connectivity index (χ4v) is 5.10. The number of thioether (sulfide) groups is 1. The topological polar surface area (TPSA) is 105 Å². The Morgan fingerprint density at radius 2 is 1.72 bits per heavy atom. The summed E-state index contributed by atoms with van der Waals surface area (Å²) >= 11 is 2.72. The first-order valence-corrected chi connectivity index (χ1v) is 13.3. The van der Waals surface area contributed by atoms with Gasteiger partial charge in [-0.1, -0.05) is 60.3 Å². The number of hydrogen-bond acceptors (Lipinski definition) is 10. The van der Waals surface area contributed by atoms with Crippen LogP contribution in [0.15, 0.2) is 65.8 Å². The zero-order valence-corrected chi connectivity index (χ0v) is 21.3. The highest BCUT2D eigenvalue weighted by Gasteiger charge is 2.18. The highest BCUT2D eigenvalue weighted by Crippen LogP contribution is 2.30. The molecule has 1 aliphatic rings. The molecule has 184 valence electrons. The number of anilines is 4. The number of carbonyl (C=O) groups is 1. The lowest BCUT2D eigenvalue weighted by molar-refractivity contribution is -0.113. The van der Waals surface area contributed by atoms with Crippen molar-refractivity contribution in [1.82, 2.24) is 19.9 Å². The maximum atomic E-state index is 12.7. The maximum Gasteiger partial charge on any atom is 0.236 e. The molecule has 0 atom stereocenters. The summed E-state index contributed by atoms with van der Waals surface area (Å²) in [5, 5.41) is 7.19. The van der Waals surface area contributed by atoms with E-state index >= 15 is 0 Å². The van der Waals surface area contributed by atoms with Gasteiger partial charge in [0, 0.05) is 29.2 Å². The summed E-state index contributed by atoms with van der Waals surface area (Å²) in [5.74, 6) is 0.983. The fourth-order valence-electron chi connectivity index (χ4n) is 3.62. The number of carbonyl (C=O) groups excluding carboxylic acids is 1. The van der Waals surface area contributed by atoms with E-state index in [2.05, 4.69) is 35.5 Å². The number of aryl methyl sites for hydroxylation is 1. The predicted molar refractivity (Wildman–Crippen MR) is 144 cm³/mol. The Morgan fingerprint density at radius 3 is 2.47 bits per heavy atom. The molecule has 0 aliphatic carbocycles. The molecule has 1 fully saturated rings. The van der Waals surface area contributed by atoms with Crippen molar-refractivity contribution in [2.24, 2.45) is 0 Å². The van der Waals surface area contributed by atoms with E-state index < -0.39 is 0 Å². The van der Waals surface area contributed by atoms with Crippen molar-refractivity contribution < 1.29 is 9.53 Å². The minimum Gasteiger partial charge on any atom is -0.378 e. The van der Waals surface area contributed by atoms with Crippen LogP contribution in [-0.4, -0.2) is 57.9 Å². The Balaban J connectivity index is 1.28. The van der Waals surface area contributed by atoms with Crippen molar-refractivity contribution in [1.29, 1.82) is 0 Å². The molecular weight excluding hydrogens is 494 g/mol. The summed E-state index contributed by atoms with van der Waals surface area (Å²) in [4.78, 5) is 34.2. The number of hydrogen-bond donors (Lipinski definition) is 2. The molecule has 0 bridgehead atoms. The molecule has 0 radical (unpaired) electrons. The van der Waals surface area contributed by atoms with Crippen molar-refractivity contribution >= 4 is 51.7 Å². The highest BCUT2D eigenvalue weighted by molar-refractivity contribution is 7.99. The molecule has 0 saturated carbocycles. The molecule has 1 saturated heterocycles. The highest BCUT2D eigenvalue weighted by atomic mass is 32.2. The number of aromatic nitrogens is 4. The lowest BCUT2D eigenvalue weighted by Gasteiger charge is -2.27. The van der Waals surface area contributed by atoms with Crippen LogP contribution in [0.5, 0.6) is 0 Å². The van der Waals surface area contributed by atoms with Gasteiger partial charge in [-0.2, -0.15) is 15.0 Å². The number of amides is 1. The van der Waals surface area contributed by atoms with E-state index in [4.69, 9.17) is 4.74 Å². The van der Waals surface area contributed by atoms with E-state index in [9.17, 15) is 4.79 Å². The summed E-state index contributed by atoms with van der Waals surface area (Å²) < 4.78 is 5.46. The van der Waals surface area contributed by atoms with Gasteiger partial charge in [0.25, 0.3) is 0 Å². The molecule has 1 aliphatic heterocycles. The van der Waals surface area contributed by atoms with Gasteiger partial charge in [0.05, 0.1) is 24.7 Å². The summed E-state index contributed by atoms with van der Waals surface area (Å²) in [5.41, 5.74) is 2.78. The van der Waals surface area contributed by atoms with Crippen molar-refractivity contribution in [3.05, 3.63) is 65.5 Å². The molecule has 11 heteroatoms. The van der Waals surface area contributed by atoms with Gasteiger partial charge in [-0.15, -0.1) is 11.3 Å². The maximum absolute atomic E-state index is 12.7. The van der Waals surface area contributed by atoms with Crippen LogP contribution >= 0.6 is 23.1 Å². The number of nitrogens with zero attached hydrogens (tertiary/aromatic N) is 5. The van der Waals surface area contributed by atoms with E-state index in [0.29, 0.717) is 48.5 Å². The first-order valence-electron chi connectivity index (χ1n) is 11.5. The predicted octanol–water partition coefficient (Wildman–Crippen LogP) is 4.61. The Morgan fingerprint density at radius 1 is 1.00 bits per heavy atom. The monoisotopic (exact) mass is 519 g/mol. The first-order chi connectivity index (χ1) is 17.6. The number of ether oxygens (including phenoxy) is 1. The van der Waals surface area contributed by atoms with Crippen LogP contribution in [0.2, 0.25) is 0 Å². The first kappa shape index (κ1) is 24.2. The van der Waals surface area contributed by atoms with Gasteiger partial charge in [-0.25, -0.2) is 4.98 Å². The van der Waals surface area contributed by atoms with Crippen LogP contribution in [-0.2, 0) is 9.53 Å².